The van der Waals surface area contributed by atoms with Crippen LogP contribution in [0.25, 0.3) is 6.08 Å². The van der Waals surface area contributed by atoms with Gasteiger partial charge in [0.2, 0.25) is 5.91 Å². The van der Waals surface area contributed by atoms with Gasteiger partial charge in [-0.15, -0.1) is 0 Å². The number of anilines is 1. The Bertz CT molecular complexity index is 1760. The number of para-hydroxylation sites is 1. The summed E-state index contributed by atoms with van der Waals surface area (Å²) in [4.78, 5) is 45.7. The highest BCUT2D eigenvalue weighted by molar-refractivity contribution is 6.16. The number of benzene rings is 4. The minimum atomic E-state index is -1.39. The molecule has 1 N–H and O–H groups in total. The normalized spacial score (nSPS) is 23.3. The van der Waals surface area contributed by atoms with Crippen molar-refractivity contribution in [3.63, 3.8) is 0 Å². The molecule has 0 bridgehead atoms. The van der Waals surface area contributed by atoms with E-state index in [1.165, 1.54) is 24.3 Å². The Labute approximate surface area is 243 Å². The van der Waals surface area contributed by atoms with Crippen LogP contribution < -0.4 is 5.32 Å². The molecule has 0 aromatic heterocycles. The Morgan fingerprint density at radius 3 is 2.29 bits per heavy atom. The Morgan fingerprint density at radius 1 is 0.857 bits per heavy atom. The zero-order valence-corrected chi connectivity index (χ0v) is 23.1. The lowest BCUT2D eigenvalue weighted by molar-refractivity contribution is -0.122. The molecule has 7 rings (SSSR count). The average molecular weight is 557 g/mol. The fraction of sp³-hybridized carbons (Fsp3) is 0.194. The second-order valence-electron chi connectivity index (χ2n) is 11.3. The van der Waals surface area contributed by atoms with Gasteiger partial charge in [-0.05, 0) is 65.1 Å². The van der Waals surface area contributed by atoms with Gasteiger partial charge < -0.3 is 10.2 Å². The van der Waals surface area contributed by atoms with Gasteiger partial charge in [-0.1, -0.05) is 80.1 Å². The summed E-state index contributed by atoms with van der Waals surface area (Å²) in [6.45, 7) is 2.10. The summed E-state index contributed by atoms with van der Waals surface area (Å²) < 4.78 is 13.9. The van der Waals surface area contributed by atoms with Crippen LogP contribution in [0, 0.1) is 11.7 Å². The summed E-state index contributed by atoms with van der Waals surface area (Å²) in [5, 5.41) is 3.06. The second kappa shape index (κ2) is 9.91. The zero-order chi connectivity index (χ0) is 29.0. The molecule has 208 valence electrons. The molecule has 0 saturated carbocycles. The Kier molecular flexibility index (Phi) is 6.15. The van der Waals surface area contributed by atoms with Crippen molar-refractivity contribution in [2.24, 2.45) is 5.92 Å². The SMILES string of the molecule is CCCc1ccc(C(=O)[C@@H]2[C@H](C(=O)c3ccc(F)cc3)N3C=Cc4ccccc4[C@@H]3[C@@]23C(=O)Nc2ccccc23)cc1. The molecule has 3 heterocycles. The second-order valence-corrected chi connectivity index (χ2v) is 11.3. The number of rotatable bonds is 6. The van der Waals surface area contributed by atoms with Gasteiger partial charge in [0.05, 0.1) is 12.0 Å². The molecule has 5 nitrogen and oxygen atoms in total. The van der Waals surface area contributed by atoms with Gasteiger partial charge in [-0.3, -0.25) is 14.4 Å². The van der Waals surface area contributed by atoms with Crippen LogP contribution in [0.15, 0.2) is 103 Å². The molecule has 1 amide bonds. The molecule has 0 radical (unpaired) electrons. The van der Waals surface area contributed by atoms with E-state index in [0.717, 1.165) is 29.5 Å². The van der Waals surface area contributed by atoms with E-state index in [-0.39, 0.29) is 23.0 Å². The third kappa shape index (κ3) is 3.71. The lowest BCUT2D eigenvalue weighted by Gasteiger charge is -2.38. The summed E-state index contributed by atoms with van der Waals surface area (Å²) in [6, 6.07) is 26.5. The Hall–Kier alpha value is -4.84. The highest BCUT2D eigenvalue weighted by Crippen LogP contribution is 2.62. The smallest absolute Gasteiger partial charge is 0.238 e. The molecule has 0 unspecified atom stereocenters. The van der Waals surface area contributed by atoms with E-state index in [9.17, 15) is 18.8 Å². The average Bonchev–Trinajstić information content (AvgIpc) is 3.49. The summed E-state index contributed by atoms with van der Waals surface area (Å²) in [5.41, 5.74) is 3.60. The predicted molar refractivity (Wildman–Crippen MR) is 160 cm³/mol. The molecule has 1 fully saturated rings. The van der Waals surface area contributed by atoms with Gasteiger partial charge in [0.15, 0.2) is 11.6 Å². The topological polar surface area (TPSA) is 66.5 Å². The lowest BCUT2D eigenvalue weighted by Crippen LogP contribution is -2.49. The number of carbonyl (C=O) groups is 3. The first kappa shape index (κ1) is 26.1. The van der Waals surface area contributed by atoms with E-state index in [1.54, 1.807) is 12.1 Å². The van der Waals surface area contributed by atoms with Crippen molar-refractivity contribution >= 4 is 29.2 Å². The quantitative estimate of drug-likeness (QED) is 0.267. The van der Waals surface area contributed by atoms with Crippen LogP contribution >= 0.6 is 0 Å². The first-order chi connectivity index (χ1) is 20.4. The number of carbonyl (C=O) groups excluding carboxylic acids is 3. The van der Waals surface area contributed by atoms with Gasteiger partial charge >= 0.3 is 0 Å². The number of fused-ring (bicyclic) bond motifs is 6. The molecule has 3 aliphatic heterocycles. The third-order valence-electron chi connectivity index (χ3n) is 9.03. The molecule has 1 saturated heterocycles. The first-order valence-electron chi connectivity index (χ1n) is 14.3. The van der Waals surface area contributed by atoms with Crippen molar-refractivity contribution in [2.45, 2.75) is 37.3 Å². The highest BCUT2D eigenvalue weighted by Gasteiger charge is 2.70. The van der Waals surface area contributed by atoms with Crippen LogP contribution in [0.2, 0.25) is 0 Å². The highest BCUT2D eigenvalue weighted by atomic mass is 19.1. The minimum Gasteiger partial charge on any atom is -0.358 e. The number of nitrogens with one attached hydrogen (secondary N) is 1. The van der Waals surface area contributed by atoms with Gasteiger partial charge in [-0.2, -0.15) is 0 Å². The first-order valence-corrected chi connectivity index (χ1v) is 14.3. The van der Waals surface area contributed by atoms with E-state index in [4.69, 9.17) is 0 Å². The third-order valence-corrected chi connectivity index (χ3v) is 9.03. The maximum Gasteiger partial charge on any atom is 0.238 e. The largest absolute Gasteiger partial charge is 0.358 e. The van der Waals surface area contributed by atoms with E-state index < -0.39 is 29.2 Å². The molecule has 4 aromatic rings. The Morgan fingerprint density at radius 2 is 1.52 bits per heavy atom. The number of Topliss-reactive ketones (excluding diaryl/α,β-unsaturated/α-hetero) is 2. The van der Waals surface area contributed by atoms with Gasteiger partial charge in [0, 0.05) is 23.0 Å². The summed E-state index contributed by atoms with van der Waals surface area (Å²) in [6.07, 6.45) is 5.63. The maximum absolute atomic E-state index is 14.8. The fourth-order valence-corrected chi connectivity index (χ4v) is 7.26. The van der Waals surface area contributed by atoms with Crippen molar-refractivity contribution in [2.75, 3.05) is 5.32 Å². The number of nitrogens with zero attached hydrogens (tertiary/aromatic N) is 1. The van der Waals surface area contributed by atoms with E-state index in [2.05, 4.69) is 12.2 Å². The van der Waals surface area contributed by atoms with Crippen molar-refractivity contribution in [1.82, 2.24) is 4.90 Å². The monoisotopic (exact) mass is 556 g/mol. The summed E-state index contributed by atoms with van der Waals surface area (Å²) in [7, 11) is 0. The zero-order valence-electron chi connectivity index (χ0n) is 23.1. The Balaban J connectivity index is 1.50. The number of hydrogen-bond acceptors (Lipinski definition) is 4. The van der Waals surface area contributed by atoms with Crippen LogP contribution in [-0.2, 0) is 16.6 Å². The van der Waals surface area contributed by atoms with Crippen molar-refractivity contribution in [3.05, 3.63) is 142 Å². The van der Waals surface area contributed by atoms with Gasteiger partial charge in [0.25, 0.3) is 0 Å². The number of ketones is 2. The molecule has 0 aliphatic carbocycles. The van der Waals surface area contributed by atoms with E-state index in [0.29, 0.717) is 16.8 Å². The fourth-order valence-electron chi connectivity index (χ4n) is 7.26. The van der Waals surface area contributed by atoms with Crippen molar-refractivity contribution < 1.29 is 18.8 Å². The maximum atomic E-state index is 14.8. The molecule has 1 spiro atoms. The van der Waals surface area contributed by atoms with E-state index >= 15 is 0 Å². The van der Waals surface area contributed by atoms with Crippen LogP contribution in [0.1, 0.15) is 62.4 Å². The number of amides is 1. The molecule has 4 atom stereocenters. The number of halogens is 1. The van der Waals surface area contributed by atoms with Crippen LogP contribution in [0.5, 0.6) is 0 Å². The molecule has 3 aliphatic rings. The minimum absolute atomic E-state index is 0.273. The predicted octanol–water partition coefficient (Wildman–Crippen LogP) is 6.76. The van der Waals surface area contributed by atoms with Crippen molar-refractivity contribution in [3.8, 4) is 0 Å². The standard InChI is InChI=1S/C36H29FN2O3/c1-2-7-22-12-14-24(15-13-22)32(40)30-31(33(41)25-16-18-26(37)19-17-25)39-21-20-23-8-3-4-9-27(23)34(39)36(30)28-10-5-6-11-29(28)38-35(36)42/h3-6,8-21,30-31,34H,2,7H2,1H3,(H,38,42)/t30-,31+,34+,36-/m0/s1. The van der Waals surface area contributed by atoms with E-state index in [1.807, 2.05) is 77.8 Å². The molecule has 4 aromatic carbocycles. The summed E-state index contributed by atoms with van der Waals surface area (Å²) in [5.74, 6) is -2.43. The molecular formula is C36H29FN2O3. The molecular weight excluding hydrogens is 527 g/mol. The number of hydrogen-bond donors (Lipinski definition) is 1. The summed E-state index contributed by atoms with van der Waals surface area (Å²) >= 11 is 0. The van der Waals surface area contributed by atoms with Crippen molar-refractivity contribution in [1.29, 1.82) is 0 Å². The van der Waals surface area contributed by atoms with Crippen LogP contribution in [0.3, 0.4) is 0 Å². The van der Waals surface area contributed by atoms with Crippen LogP contribution in [-0.4, -0.2) is 28.4 Å². The lowest BCUT2D eigenvalue weighted by atomic mass is 9.62. The van der Waals surface area contributed by atoms with Gasteiger partial charge in [-0.25, -0.2) is 4.39 Å². The molecule has 6 heteroatoms. The molecule has 42 heavy (non-hydrogen) atoms. The number of aryl methyl sites for hydroxylation is 1. The van der Waals surface area contributed by atoms with Crippen LogP contribution in [0.4, 0.5) is 10.1 Å². The van der Waals surface area contributed by atoms with Gasteiger partial charge in [0.1, 0.15) is 17.3 Å².